The van der Waals surface area contributed by atoms with Crippen molar-refractivity contribution in [3.05, 3.63) is 17.5 Å². The molecule has 1 fully saturated rings. The summed E-state index contributed by atoms with van der Waals surface area (Å²) in [5.74, 6) is 0. The third-order valence-electron chi connectivity index (χ3n) is 4.32. The summed E-state index contributed by atoms with van der Waals surface area (Å²) < 4.78 is 1.95. The normalized spacial score (nSPS) is 18.3. The number of hydrogen-bond acceptors (Lipinski definition) is 3. The number of piperidine rings is 1. The van der Waals surface area contributed by atoms with Gasteiger partial charge < -0.3 is 10.2 Å². The Bertz CT molecular complexity index is 436. The average Bonchev–Trinajstić information content (AvgIpc) is 2.80. The van der Waals surface area contributed by atoms with Gasteiger partial charge in [-0.3, -0.25) is 4.68 Å². The summed E-state index contributed by atoms with van der Waals surface area (Å²) in [6.45, 7) is 13.7. The van der Waals surface area contributed by atoms with Crippen LogP contribution in [0.1, 0.15) is 58.2 Å². The Morgan fingerprint density at radius 1 is 1.29 bits per heavy atom. The molecule has 0 saturated carbocycles. The average molecular weight is 292 g/mol. The van der Waals surface area contributed by atoms with E-state index in [1.165, 1.54) is 50.2 Å². The van der Waals surface area contributed by atoms with Crippen LogP contribution >= 0.6 is 0 Å². The van der Waals surface area contributed by atoms with Crippen LogP contribution in [-0.2, 0) is 19.0 Å². The second kappa shape index (κ2) is 6.93. The molecular formula is C17H32N4. The van der Waals surface area contributed by atoms with Crippen molar-refractivity contribution in [2.75, 3.05) is 19.6 Å². The van der Waals surface area contributed by atoms with E-state index >= 15 is 0 Å². The van der Waals surface area contributed by atoms with Crippen LogP contribution in [0, 0.1) is 0 Å². The molecule has 2 heterocycles. The number of nitrogens with one attached hydrogen (secondary N) is 1. The molecule has 1 aromatic rings. The Morgan fingerprint density at radius 2 is 1.95 bits per heavy atom. The number of aromatic nitrogens is 2. The summed E-state index contributed by atoms with van der Waals surface area (Å²) in [5, 5.41) is 8.40. The SMILES string of the molecule is CCCN1CCC(NCc2cn(C)nc2C(C)(C)C)CC1. The van der Waals surface area contributed by atoms with Crippen LogP contribution in [0.25, 0.3) is 0 Å². The van der Waals surface area contributed by atoms with Gasteiger partial charge in [0.05, 0.1) is 5.69 Å². The van der Waals surface area contributed by atoms with Gasteiger partial charge in [0.15, 0.2) is 0 Å². The number of rotatable bonds is 5. The van der Waals surface area contributed by atoms with Gasteiger partial charge in [-0.1, -0.05) is 27.7 Å². The first-order valence-electron chi connectivity index (χ1n) is 8.39. The lowest BCUT2D eigenvalue weighted by molar-refractivity contribution is 0.197. The van der Waals surface area contributed by atoms with Crippen molar-refractivity contribution in [3.63, 3.8) is 0 Å². The lowest BCUT2D eigenvalue weighted by Crippen LogP contribution is -2.42. The van der Waals surface area contributed by atoms with Crippen molar-refractivity contribution in [3.8, 4) is 0 Å². The molecule has 21 heavy (non-hydrogen) atoms. The summed E-state index contributed by atoms with van der Waals surface area (Å²) >= 11 is 0. The molecular weight excluding hydrogens is 260 g/mol. The third kappa shape index (κ3) is 4.55. The smallest absolute Gasteiger partial charge is 0.0722 e. The molecule has 0 aromatic carbocycles. The fourth-order valence-electron chi connectivity index (χ4n) is 3.23. The predicted octanol–water partition coefficient (Wildman–Crippen LogP) is 2.68. The minimum Gasteiger partial charge on any atom is -0.310 e. The number of aryl methyl sites for hydroxylation is 1. The lowest BCUT2D eigenvalue weighted by Gasteiger charge is -2.32. The molecule has 1 saturated heterocycles. The molecule has 0 atom stereocenters. The van der Waals surface area contributed by atoms with E-state index in [1.807, 2.05) is 11.7 Å². The molecule has 1 aliphatic heterocycles. The van der Waals surface area contributed by atoms with Gasteiger partial charge in [0.1, 0.15) is 0 Å². The van der Waals surface area contributed by atoms with E-state index in [0.29, 0.717) is 6.04 Å². The van der Waals surface area contributed by atoms with Gasteiger partial charge >= 0.3 is 0 Å². The van der Waals surface area contributed by atoms with E-state index in [-0.39, 0.29) is 5.41 Å². The third-order valence-corrected chi connectivity index (χ3v) is 4.32. The maximum atomic E-state index is 4.65. The first-order valence-corrected chi connectivity index (χ1v) is 8.39. The molecule has 1 N–H and O–H groups in total. The number of hydrogen-bond donors (Lipinski definition) is 1. The van der Waals surface area contributed by atoms with Crippen molar-refractivity contribution in [2.45, 2.75) is 65.0 Å². The van der Waals surface area contributed by atoms with Crippen LogP contribution in [0.3, 0.4) is 0 Å². The van der Waals surface area contributed by atoms with Crippen molar-refractivity contribution >= 4 is 0 Å². The zero-order valence-electron chi connectivity index (χ0n) is 14.4. The molecule has 0 amide bonds. The van der Waals surface area contributed by atoms with Gasteiger partial charge in [0, 0.05) is 36.8 Å². The van der Waals surface area contributed by atoms with Crippen molar-refractivity contribution in [1.82, 2.24) is 20.0 Å². The van der Waals surface area contributed by atoms with Crippen LogP contribution in [-0.4, -0.2) is 40.4 Å². The molecule has 1 aromatic heterocycles. The number of nitrogens with zero attached hydrogens (tertiary/aromatic N) is 3. The van der Waals surface area contributed by atoms with E-state index < -0.39 is 0 Å². The Hall–Kier alpha value is -0.870. The Labute approximate surface area is 129 Å². The van der Waals surface area contributed by atoms with E-state index in [1.54, 1.807) is 0 Å². The first-order chi connectivity index (χ1) is 9.90. The van der Waals surface area contributed by atoms with E-state index in [9.17, 15) is 0 Å². The minimum absolute atomic E-state index is 0.114. The van der Waals surface area contributed by atoms with Gasteiger partial charge in [-0.2, -0.15) is 5.10 Å². The van der Waals surface area contributed by atoms with E-state index in [2.05, 4.69) is 49.2 Å². The molecule has 4 heteroatoms. The molecule has 2 rings (SSSR count). The highest BCUT2D eigenvalue weighted by Crippen LogP contribution is 2.24. The second-order valence-corrected chi connectivity index (χ2v) is 7.42. The minimum atomic E-state index is 0.114. The Morgan fingerprint density at radius 3 is 2.52 bits per heavy atom. The molecule has 0 aliphatic carbocycles. The van der Waals surface area contributed by atoms with Gasteiger partial charge in [-0.25, -0.2) is 0 Å². The molecule has 0 bridgehead atoms. The highest BCUT2D eigenvalue weighted by molar-refractivity contribution is 5.24. The van der Waals surface area contributed by atoms with Gasteiger partial charge in [0.2, 0.25) is 0 Å². The maximum Gasteiger partial charge on any atom is 0.0722 e. The zero-order chi connectivity index (χ0) is 15.5. The quantitative estimate of drug-likeness (QED) is 0.906. The summed E-state index contributed by atoms with van der Waals surface area (Å²) in [6, 6.07) is 0.658. The largest absolute Gasteiger partial charge is 0.310 e. The molecule has 0 unspecified atom stereocenters. The second-order valence-electron chi connectivity index (χ2n) is 7.42. The van der Waals surface area contributed by atoms with Gasteiger partial charge in [-0.05, 0) is 38.9 Å². The molecule has 0 radical (unpaired) electrons. The number of likely N-dealkylation sites (tertiary alicyclic amines) is 1. The topological polar surface area (TPSA) is 33.1 Å². The van der Waals surface area contributed by atoms with E-state index in [4.69, 9.17) is 0 Å². The van der Waals surface area contributed by atoms with Crippen LogP contribution in [0.2, 0.25) is 0 Å². The fourth-order valence-corrected chi connectivity index (χ4v) is 3.23. The van der Waals surface area contributed by atoms with Crippen LogP contribution in [0.5, 0.6) is 0 Å². The highest BCUT2D eigenvalue weighted by atomic mass is 15.3. The fraction of sp³-hybridized carbons (Fsp3) is 0.824. The van der Waals surface area contributed by atoms with Crippen LogP contribution in [0.4, 0.5) is 0 Å². The summed E-state index contributed by atoms with van der Waals surface area (Å²) in [7, 11) is 2.02. The predicted molar refractivity (Wildman–Crippen MR) is 88.5 cm³/mol. The highest BCUT2D eigenvalue weighted by Gasteiger charge is 2.23. The molecule has 4 nitrogen and oxygen atoms in total. The molecule has 120 valence electrons. The Balaban J connectivity index is 1.87. The van der Waals surface area contributed by atoms with Crippen LogP contribution < -0.4 is 5.32 Å². The Kier molecular flexibility index (Phi) is 5.44. The summed E-state index contributed by atoms with van der Waals surface area (Å²) in [5.41, 5.74) is 2.69. The lowest BCUT2D eigenvalue weighted by atomic mass is 9.89. The van der Waals surface area contributed by atoms with Crippen molar-refractivity contribution in [1.29, 1.82) is 0 Å². The maximum absolute atomic E-state index is 4.65. The monoisotopic (exact) mass is 292 g/mol. The standard InChI is InChI=1S/C17H32N4/c1-6-9-21-10-7-15(8-11-21)18-12-14-13-20(5)19-16(14)17(2,3)4/h13,15,18H,6-12H2,1-5H3. The van der Waals surface area contributed by atoms with Crippen molar-refractivity contribution in [2.24, 2.45) is 7.05 Å². The zero-order valence-corrected chi connectivity index (χ0v) is 14.4. The molecule has 1 aliphatic rings. The summed E-state index contributed by atoms with van der Waals surface area (Å²) in [6.07, 6.45) is 5.97. The van der Waals surface area contributed by atoms with Gasteiger partial charge in [0.25, 0.3) is 0 Å². The van der Waals surface area contributed by atoms with Crippen molar-refractivity contribution < 1.29 is 0 Å². The summed E-state index contributed by atoms with van der Waals surface area (Å²) in [4.78, 5) is 2.59. The van der Waals surface area contributed by atoms with Crippen LogP contribution in [0.15, 0.2) is 6.20 Å². The van der Waals surface area contributed by atoms with E-state index in [0.717, 1.165) is 6.54 Å². The first kappa shape index (κ1) is 16.5. The molecule has 0 spiro atoms. The van der Waals surface area contributed by atoms with Gasteiger partial charge in [-0.15, -0.1) is 0 Å².